The van der Waals surface area contributed by atoms with Gasteiger partial charge in [-0.1, -0.05) is 105 Å². The van der Waals surface area contributed by atoms with Crippen LogP contribution in [0.25, 0.3) is 76.1 Å². The molecule has 0 radical (unpaired) electrons. The van der Waals surface area contributed by atoms with Crippen molar-refractivity contribution in [3.8, 4) is 22.3 Å². The minimum atomic E-state index is 1.03. The maximum Gasteiger partial charge on any atom is 0.115 e. The van der Waals surface area contributed by atoms with Crippen LogP contribution in [0.2, 0.25) is 0 Å². The minimum absolute atomic E-state index is 1.03. The number of hydrogen-bond acceptors (Lipinski definition) is 2. The lowest BCUT2D eigenvalue weighted by Crippen LogP contribution is -1.92. The summed E-state index contributed by atoms with van der Waals surface area (Å²) in [5.74, 6) is 0. The Morgan fingerprint density at radius 3 is 1.34 bits per heavy atom. The van der Waals surface area contributed by atoms with Crippen LogP contribution in [0.3, 0.4) is 0 Å². The van der Waals surface area contributed by atoms with Gasteiger partial charge in [-0.05, 0) is 77.1 Å². The molecule has 2 nitrogen and oxygen atoms in total. The van der Waals surface area contributed by atoms with E-state index in [0.29, 0.717) is 0 Å². The van der Waals surface area contributed by atoms with Crippen molar-refractivity contribution in [3.63, 3.8) is 0 Å². The van der Waals surface area contributed by atoms with E-state index in [9.17, 15) is 0 Å². The van der Waals surface area contributed by atoms with E-state index < -0.39 is 0 Å². The number of fused-ring (bicyclic) bond motifs is 2. The van der Waals surface area contributed by atoms with Crippen LogP contribution in [0.4, 0.5) is 0 Å². The first-order valence-corrected chi connectivity index (χ1v) is 13.2. The lowest BCUT2D eigenvalue weighted by atomic mass is 9.85. The molecule has 0 aliphatic heterocycles. The molecule has 1 aromatic heterocycles. The summed E-state index contributed by atoms with van der Waals surface area (Å²) in [7, 11) is 0. The van der Waals surface area contributed by atoms with Gasteiger partial charge in [-0.25, -0.2) is 9.97 Å². The fourth-order valence-corrected chi connectivity index (χ4v) is 6.08. The molecular weight excluding hydrogens is 460 g/mol. The topological polar surface area (TPSA) is 25.8 Å². The maximum atomic E-state index is 4.32. The quantitative estimate of drug-likeness (QED) is 0.179. The van der Waals surface area contributed by atoms with Crippen LogP contribution in [0.1, 0.15) is 13.8 Å². The molecule has 0 atom stereocenters. The predicted octanol–water partition coefficient (Wildman–Crippen LogP) is 10.0. The van der Waals surface area contributed by atoms with Crippen molar-refractivity contribution in [3.05, 3.63) is 122 Å². The second-order valence-electron chi connectivity index (χ2n) is 9.48. The van der Waals surface area contributed by atoms with Crippen molar-refractivity contribution in [2.75, 3.05) is 0 Å². The molecule has 8 rings (SSSR count). The van der Waals surface area contributed by atoms with Gasteiger partial charge in [0, 0.05) is 23.5 Å². The summed E-state index contributed by atoms with van der Waals surface area (Å²) in [4.78, 5) is 8.65. The van der Waals surface area contributed by atoms with Crippen LogP contribution >= 0.6 is 0 Å². The number of rotatable bonds is 2. The van der Waals surface area contributed by atoms with Gasteiger partial charge in [0.05, 0.1) is 0 Å². The molecule has 0 aliphatic rings. The summed E-state index contributed by atoms with van der Waals surface area (Å²) in [6, 6.07) is 37.8. The highest BCUT2D eigenvalue weighted by molar-refractivity contribution is 6.26. The van der Waals surface area contributed by atoms with Crippen molar-refractivity contribution in [2.24, 2.45) is 0 Å². The molecule has 0 spiro atoms. The molecular formula is C36H26N2. The normalized spacial score (nSPS) is 11.4. The second kappa shape index (κ2) is 8.93. The predicted molar refractivity (Wildman–Crippen MR) is 163 cm³/mol. The van der Waals surface area contributed by atoms with Crippen molar-refractivity contribution in [2.45, 2.75) is 13.8 Å². The van der Waals surface area contributed by atoms with Gasteiger partial charge in [-0.3, -0.25) is 0 Å². The van der Waals surface area contributed by atoms with Gasteiger partial charge in [-0.2, -0.15) is 0 Å². The van der Waals surface area contributed by atoms with Crippen LogP contribution in [-0.4, -0.2) is 9.97 Å². The molecule has 0 amide bonds. The lowest BCUT2D eigenvalue weighted by Gasteiger charge is -2.18. The Morgan fingerprint density at radius 2 is 0.842 bits per heavy atom. The Kier molecular flexibility index (Phi) is 5.26. The van der Waals surface area contributed by atoms with E-state index in [1.807, 2.05) is 26.2 Å². The molecule has 0 saturated heterocycles. The number of hydrogen-bond donors (Lipinski definition) is 0. The highest BCUT2D eigenvalue weighted by atomic mass is 14.8. The fraction of sp³-hybridized carbons (Fsp3) is 0.0556. The zero-order valence-electron chi connectivity index (χ0n) is 21.4. The van der Waals surface area contributed by atoms with Crippen molar-refractivity contribution in [1.29, 1.82) is 0 Å². The largest absolute Gasteiger partial charge is 0.244 e. The average Bonchev–Trinajstić information content (AvgIpc) is 3.00. The lowest BCUT2D eigenvalue weighted by molar-refractivity contribution is 1.17. The van der Waals surface area contributed by atoms with E-state index >= 15 is 0 Å². The Hall–Kier alpha value is -4.82. The molecule has 7 aromatic carbocycles. The average molecular weight is 487 g/mol. The first kappa shape index (κ1) is 22.4. The summed E-state index contributed by atoms with van der Waals surface area (Å²) < 4.78 is 0. The summed E-state index contributed by atoms with van der Waals surface area (Å²) in [6.07, 6.45) is 5.41. The van der Waals surface area contributed by atoms with Crippen LogP contribution in [0, 0.1) is 0 Å². The highest BCUT2D eigenvalue weighted by Crippen LogP contribution is 2.45. The Labute approximate surface area is 221 Å². The molecule has 1 heterocycles. The number of benzene rings is 7. The molecule has 0 fully saturated rings. The van der Waals surface area contributed by atoms with Gasteiger partial charge >= 0.3 is 0 Å². The van der Waals surface area contributed by atoms with Gasteiger partial charge in [0.1, 0.15) is 6.33 Å². The summed E-state index contributed by atoms with van der Waals surface area (Å²) in [5.41, 5.74) is 4.73. The number of aromatic nitrogens is 2. The molecule has 180 valence electrons. The third-order valence-corrected chi connectivity index (χ3v) is 7.53. The summed E-state index contributed by atoms with van der Waals surface area (Å²) in [6.45, 7) is 4.00. The first-order valence-electron chi connectivity index (χ1n) is 13.2. The van der Waals surface area contributed by atoms with Crippen molar-refractivity contribution < 1.29 is 0 Å². The summed E-state index contributed by atoms with van der Waals surface area (Å²) in [5, 5.41) is 12.8. The first-order chi connectivity index (χ1) is 18.9. The van der Waals surface area contributed by atoms with Gasteiger partial charge in [0.25, 0.3) is 0 Å². The highest BCUT2D eigenvalue weighted by Gasteiger charge is 2.18. The molecule has 0 bridgehead atoms. The smallest absolute Gasteiger partial charge is 0.115 e. The maximum absolute atomic E-state index is 4.32. The van der Waals surface area contributed by atoms with Crippen LogP contribution in [0.5, 0.6) is 0 Å². The number of nitrogens with zero attached hydrogens (tertiary/aromatic N) is 2. The monoisotopic (exact) mass is 486 g/mol. The van der Waals surface area contributed by atoms with Crippen LogP contribution < -0.4 is 0 Å². The second-order valence-corrected chi connectivity index (χ2v) is 9.48. The van der Waals surface area contributed by atoms with E-state index in [1.54, 1.807) is 6.33 Å². The van der Waals surface area contributed by atoms with Crippen LogP contribution in [-0.2, 0) is 0 Å². The molecule has 2 heteroatoms. The van der Waals surface area contributed by atoms with Gasteiger partial charge in [0.15, 0.2) is 0 Å². The Morgan fingerprint density at radius 1 is 0.421 bits per heavy atom. The van der Waals surface area contributed by atoms with E-state index in [-0.39, 0.29) is 0 Å². The van der Waals surface area contributed by atoms with E-state index in [4.69, 9.17) is 0 Å². The van der Waals surface area contributed by atoms with Gasteiger partial charge < -0.3 is 0 Å². The summed E-state index contributed by atoms with van der Waals surface area (Å²) >= 11 is 0. The molecule has 0 aliphatic carbocycles. The van der Waals surface area contributed by atoms with Gasteiger partial charge in [0.2, 0.25) is 0 Å². The zero-order chi connectivity index (χ0) is 25.6. The van der Waals surface area contributed by atoms with Crippen molar-refractivity contribution >= 4 is 53.9 Å². The van der Waals surface area contributed by atoms with Crippen LogP contribution in [0.15, 0.2) is 122 Å². The van der Waals surface area contributed by atoms with E-state index in [0.717, 1.165) is 5.56 Å². The SMILES string of the molecule is CC.c1cc2ccc3cc(-c4c5ccccc5c(-c5cncnc5)c5ccccc45)cc4ccc(c1)c2c34. The Bertz CT molecular complexity index is 1970. The molecule has 0 saturated carbocycles. The molecule has 38 heavy (non-hydrogen) atoms. The molecule has 0 N–H and O–H groups in total. The Balaban J connectivity index is 0.00000118. The third-order valence-electron chi connectivity index (χ3n) is 7.53. The van der Waals surface area contributed by atoms with Gasteiger partial charge in [-0.15, -0.1) is 0 Å². The third kappa shape index (κ3) is 3.27. The molecule has 0 unspecified atom stereocenters. The van der Waals surface area contributed by atoms with E-state index in [1.165, 1.54) is 70.6 Å². The standard InChI is InChI=1S/C34H20N2.C2H6/c1-3-10-29-27(8-1)33(28-9-2-4-11-30(28)34(29)26-18-35-20-36-19-26)25-16-23-14-12-21-6-5-7-22-13-15-24(17-25)32(23)31(21)22;1-2/h1-20H;1-2H3. The zero-order valence-corrected chi connectivity index (χ0v) is 21.4. The molecule has 8 aromatic rings. The van der Waals surface area contributed by atoms with Crippen molar-refractivity contribution in [1.82, 2.24) is 9.97 Å². The van der Waals surface area contributed by atoms with E-state index in [2.05, 4.69) is 113 Å². The fourth-order valence-electron chi connectivity index (χ4n) is 6.08. The minimum Gasteiger partial charge on any atom is -0.244 e.